The maximum atomic E-state index is 9.28. The van der Waals surface area contributed by atoms with Gasteiger partial charge in [-0.3, -0.25) is 0 Å². The SMILES string of the molecule is COCC(O)C(CCO)OC. The van der Waals surface area contributed by atoms with Gasteiger partial charge in [-0.05, 0) is 6.42 Å². The summed E-state index contributed by atoms with van der Waals surface area (Å²) in [6.07, 6.45) is -0.557. The fourth-order valence-corrected chi connectivity index (χ4v) is 0.873. The molecule has 0 radical (unpaired) electrons. The predicted octanol–water partition coefficient (Wildman–Crippen LogP) is -0.609. The number of aliphatic hydroxyl groups is 2. The molecule has 2 atom stereocenters. The fourth-order valence-electron chi connectivity index (χ4n) is 0.873. The Bertz CT molecular complexity index is 86.5. The Kier molecular flexibility index (Phi) is 6.45. The third-order valence-electron chi connectivity index (χ3n) is 1.48. The van der Waals surface area contributed by atoms with E-state index in [1.165, 1.54) is 14.2 Å². The van der Waals surface area contributed by atoms with Crippen LogP contribution in [-0.4, -0.2) is 49.9 Å². The molecule has 11 heavy (non-hydrogen) atoms. The highest BCUT2D eigenvalue weighted by molar-refractivity contribution is 4.67. The van der Waals surface area contributed by atoms with E-state index in [2.05, 4.69) is 0 Å². The van der Waals surface area contributed by atoms with Crippen LogP contribution in [0.5, 0.6) is 0 Å². The van der Waals surface area contributed by atoms with Crippen molar-refractivity contribution in [2.24, 2.45) is 0 Å². The van der Waals surface area contributed by atoms with E-state index in [-0.39, 0.29) is 19.3 Å². The van der Waals surface area contributed by atoms with E-state index in [0.717, 1.165) is 0 Å². The van der Waals surface area contributed by atoms with Crippen molar-refractivity contribution in [1.29, 1.82) is 0 Å². The highest BCUT2D eigenvalue weighted by atomic mass is 16.5. The smallest absolute Gasteiger partial charge is 0.103 e. The number of hydrogen-bond acceptors (Lipinski definition) is 4. The average molecular weight is 164 g/mol. The number of methoxy groups -OCH3 is 2. The summed E-state index contributed by atoms with van der Waals surface area (Å²) in [4.78, 5) is 0. The zero-order chi connectivity index (χ0) is 8.69. The highest BCUT2D eigenvalue weighted by Gasteiger charge is 2.17. The van der Waals surface area contributed by atoms with Crippen LogP contribution in [0.2, 0.25) is 0 Å². The monoisotopic (exact) mass is 164 g/mol. The molecular formula is C7H16O4. The van der Waals surface area contributed by atoms with Crippen LogP contribution in [0.1, 0.15) is 6.42 Å². The van der Waals surface area contributed by atoms with Gasteiger partial charge in [0, 0.05) is 20.8 Å². The van der Waals surface area contributed by atoms with Gasteiger partial charge >= 0.3 is 0 Å². The largest absolute Gasteiger partial charge is 0.396 e. The lowest BCUT2D eigenvalue weighted by molar-refractivity contribution is -0.0549. The Labute approximate surface area is 66.7 Å². The van der Waals surface area contributed by atoms with Crippen molar-refractivity contribution in [3.05, 3.63) is 0 Å². The summed E-state index contributed by atoms with van der Waals surface area (Å²) in [5.74, 6) is 0. The van der Waals surface area contributed by atoms with Crippen molar-refractivity contribution in [1.82, 2.24) is 0 Å². The minimum Gasteiger partial charge on any atom is -0.396 e. The van der Waals surface area contributed by atoms with Gasteiger partial charge in [-0.1, -0.05) is 0 Å². The molecule has 2 N–H and O–H groups in total. The van der Waals surface area contributed by atoms with E-state index in [4.69, 9.17) is 14.6 Å². The molecule has 4 nitrogen and oxygen atoms in total. The Morgan fingerprint density at radius 2 is 2.00 bits per heavy atom. The quantitative estimate of drug-likeness (QED) is 0.550. The van der Waals surface area contributed by atoms with Crippen LogP contribution in [0.25, 0.3) is 0 Å². The van der Waals surface area contributed by atoms with Gasteiger partial charge in [0.25, 0.3) is 0 Å². The second-order valence-electron chi connectivity index (χ2n) is 2.31. The molecule has 0 saturated heterocycles. The Morgan fingerprint density at radius 3 is 2.36 bits per heavy atom. The number of aliphatic hydroxyl groups excluding tert-OH is 2. The molecule has 0 fully saturated rings. The lowest BCUT2D eigenvalue weighted by atomic mass is 10.1. The molecule has 0 spiro atoms. The molecule has 0 aromatic rings. The van der Waals surface area contributed by atoms with Crippen LogP contribution in [0.15, 0.2) is 0 Å². The van der Waals surface area contributed by atoms with Gasteiger partial charge in [0.05, 0.1) is 12.7 Å². The van der Waals surface area contributed by atoms with Gasteiger partial charge in [0.2, 0.25) is 0 Å². The summed E-state index contributed by atoms with van der Waals surface area (Å²) in [6, 6.07) is 0. The third kappa shape index (κ3) is 4.31. The maximum Gasteiger partial charge on any atom is 0.103 e. The number of rotatable bonds is 6. The van der Waals surface area contributed by atoms with E-state index in [1.54, 1.807) is 0 Å². The molecule has 0 aromatic carbocycles. The Balaban J connectivity index is 3.61. The van der Waals surface area contributed by atoms with Gasteiger partial charge in [-0.2, -0.15) is 0 Å². The molecular weight excluding hydrogens is 148 g/mol. The van der Waals surface area contributed by atoms with Crippen LogP contribution >= 0.6 is 0 Å². The minimum atomic E-state index is -0.655. The first-order valence-corrected chi connectivity index (χ1v) is 3.57. The van der Waals surface area contributed by atoms with Crippen molar-refractivity contribution < 1.29 is 19.7 Å². The second kappa shape index (κ2) is 6.54. The number of ether oxygens (including phenoxy) is 2. The van der Waals surface area contributed by atoms with Crippen LogP contribution in [-0.2, 0) is 9.47 Å². The van der Waals surface area contributed by atoms with Gasteiger partial charge in [-0.15, -0.1) is 0 Å². The summed E-state index contributed by atoms with van der Waals surface area (Å²) in [5, 5.41) is 17.8. The van der Waals surface area contributed by atoms with Crippen LogP contribution in [0.4, 0.5) is 0 Å². The first-order chi connectivity index (χ1) is 5.26. The van der Waals surface area contributed by atoms with Crippen LogP contribution in [0, 0.1) is 0 Å². The molecule has 2 unspecified atom stereocenters. The zero-order valence-electron chi connectivity index (χ0n) is 6.99. The molecule has 4 heteroatoms. The van der Waals surface area contributed by atoms with E-state index in [0.29, 0.717) is 6.42 Å². The molecule has 0 aliphatic rings. The van der Waals surface area contributed by atoms with Crippen molar-refractivity contribution in [2.45, 2.75) is 18.6 Å². The van der Waals surface area contributed by atoms with E-state index < -0.39 is 6.10 Å². The molecule has 0 amide bonds. The van der Waals surface area contributed by atoms with E-state index in [9.17, 15) is 5.11 Å². The van der Waals surface area contributed by atoms with Crippen molar-refractivity contribution in [3.8, 4) is 0 Å². The first kappa shape index (κ1) is 10.8. The average Bonchev–Trinajstić information content (AvgIpc) is 2.00. The van der Waals surface area contributed by atoms with Gasteiger partial charge in [-0.25, -0.2) is 0 Å². The molecule has 0 bridgehead atoms. The van der Waals surface area contributed by atoms with Crippen molar-refractivity contribution in [2.75, 3.05) is 27.4 Å². The third-order valence-corrected chi connectivity index (χ3v) is 1.48. The van der Waals surface area contributed by atoms with Gasteiger partial charge in [0.15, 0.2) is 0 Å². The summed E-state index contributed by atoms with van der Waals surface area (Å²) < 4.78 is 9.64. The van der Waals surface area contributed by atoms with Gasteiger partial charge in [0.1, 0.15) is 6.10 Å². The topological polar surface area (TPSA) is 58.9 Å². The zero-order valence-corrected chi connectivity index (χ0v) is 6.99. The molecule has 0 heterocycles. The Hall–Kier alpha value is -0.160. The normalized spacial score (nSPS) is 16.4. The Morgan fingerprint density at radius 1 is 1.36 bits per heavy atom. The lowest BCUT2D eigenvalue weighted by Gasteiger charge is -2.19. The summed E-state index contributed by atoms with van der Waals surface area (Å²) in [5.41, 5.74) is 0. The standard InChI is InChI=1S/C7H16O4/c1-10-5-6(9)7(11-2)3-4-8/h6-9H,3-5H2,1-2H3. The molecule has 0 aliphatic heterocycles. The highest BCUT2D eigenvalue weighted by Crippen LogP contribution is 2.02. The van der Waals surface area contributed by atoms with Crippen molar-refractivity contribution >= 4 is 0 Å². The summed E-state index contributed by atoms with van der Waals surface area (Å²) in [7, 11) is 3.01. The number of hydrogen-bond donors (Lipinski definition) is 2. The van der Waals surface area contributed by atoms with Crippen molar-refractivity contribution in [3.63, 3.8) is 0 Å². The van der Waals surface area contributed by atoms with E-state index in [1.807, 2.05) is 0 Å². The van der Waals surface area contributed by atoms with Crippen LogP contribution in [0.3, 0.4) is 0 Å². The van der Waals surface area contributed by atoms with Crippen LogP contribution < -0.4 is 0 Å². The first-order valence-electron chi connectivity index (χ1n) is 3.57. The molecule has 0 saturated carbocycles. The maximum absolute atomic E-state index is 9.28. The molecule has 0 aromatic heterocycles. The molecule has 68 valence electrons. The second-order valence-corrected chi connectivity index (χ2v) is 2.31. The fraction of sp³-hybridized carbons (Fsp3) is 1.00. The molecule has 0 rings (SSSR count). The summed E-state index contributed by atoms with van der Waals surface area (Å²) in [6.45, 7) is 0.248. The van der Waals surface area contributed by atoms with Gasteiger partial charge < -0.3 is 19.7 Å². The predicted molar refractivity (Wildman–Crippen MR) is 40.4 cm³/mol. The molecule has 0 aliphatic carbocycles. The van der Waals surface area contributed by atoms with E-state index >= 15 is 0 Å². The lowest BCUT2D eigenvalue weighted by Crippen LogP contribution is -2.32. The summed E-state index contributed by atoms with van der Waals surface area (Å²) >= 11 is 0. The minimum absolute atomic E-state index is 0.0132.